The van der Waals surface area contributed by atoms with Gasteiger partial charge in [0.2, 0.25) is 0 Å². The van der Waals surface area contributed by atoms with Gasteiger partial charge in [-0.25, -0.2) is 4.39 Å². The number of ether oxygens (including phenoxy) is 2. The molecule has 0 radical (unpaired) electrons. The van der Waals surface area contributed by atoms with Crippen LogP contribution in [0.5, 0.6) is 5.75 Å². The number of nitrogens with zero attached hydrogens (tertiary/aromatic N) is 2. The minimum absolute atomic E-state index is 0.290. The van der Waals surface area contributed by atoms with E-state index in [1.807, 2.05) is 13.1 Å². The number of nitrogens with one attached hydrogen (secondary N) is 2. The third kappa shape index (κ3) is 3.80. The average molecular weight is 431 g/mol. The molecule has 4 aliphatic rings. The summed E-state index contributed by atoms with van der Waals surface area (Å²) >= 11 is 0. The van der Waals surface area contributed by atoms with Gasteiger partial charge in [0.25, 0.3) is 0 Å². The molecule has 2 aliphatic carbocycles. The Morgan fingerprint density at radius 3 is 2.71 bits per heavy atom. The van der Waals surface area contributed by atoms with E-state index in [0.717, 1.165) is 50.6 Å². The van der Waals surface area contributed by atoms with Crippen molar-refractivity contribution in [1.82, 2.24) is 15.5 Å². The maximum absolute atomic E-state index is 14.0. The quantitative estimate of drug-likeness (QED) is 0.556. The summed E-state index contributed by atoms with van der Waals surface area (Å²) in [5, 5.41) is 7.45. The van der Waals surface area contributed by atoms with Gasteiger partial charge in [0.15, 0.2) is 17.5 Å². The van der Waals surface area contributed by atoms with Crippen LogP contribution in [0.15, 0.2) is 23.2 Å². The third-order valence-corrected chi connectivity index (χ3v) is 8.10. The summed E-state index contributed by atoms with van der Waals surface area (Å²) in [6.45, 7) is 3.68. The standard InChI is InChI=1S/C24H35FN4O2/c1-26-23(28-21-18-8-13-31-22(18)24(21)9-3-10-24)27-17-6-11-29(12-7-17)15-16-4-5-20(30-2)19(25)14-16/h4-5,14,17-18,21-22H,3,6-13,15H2,1-2H3,(H2,26,27,28). The third-order valence-electron chi connectivity index (χ3n) is 8.10. The zero-order valence-electron chi connectivity index (χ0n) is 18.7. The van der Waals surface area contributed by atoms with Gasteiger partial charge in [0.05, 0.1) is 13.2 Å². The van der Waals surface area contributed by atoms with Gasteiger partial charge in [0.1, 0.15) is 0 Å². The van der Waals surface area contributed by atoms with Crippen LogP contribution in [0, 0.1) is 17.2 Å². The lowest BCUT2D eigenvalue weighted by molar-refractivity contribution is -0.171. The van der Waals surface area contributed by atoms with Gasteiger partial charge in [-0.05, 0) is 49.8 Å². The predicted octanol–water partition coefficient (Wildman–Crippen LogP) is 2.92. The lowest BCUT2D eigenvalue weighted by Crippen LogP contribution is -2.72. The Balaban J connectivity index is 1.11. The normalized spacial score (nSPS) is 30.4. The second-order valence-electron chi connectivity index (χ2n) is 9.69. The van der Waals surface area contributed by atoms with Gasteiger partial charge in [-0.3, -0.25) is 9.89 Å². The average Bonchev–Trinajstić information content (AvgIpc) is 3.16. The number of halogens is 1. The van der Waals surface area contributed by atoms with E-state index in [9.17, 15) is 4.39 Å². The van der Waals surface area contributed by atoms with Crippen molar-refractivity contribution in [2.45, 2.75) is 63.3 Å². The summed E-state index contributed by atoms with van der Waals surface area (Å²) in [5.74, 6) is 1.60. The van der Waals surface area contributed by atoms with Crippen LogP contribution in [0.3, 0.4) is 0 Å². The van der Waals surface area contributed by atoms with E-state index in [4.69, 9.17) is 9.47 Å². The van der Waals surface area contributed by atoms with Crippen LogP contribution in [-0.2, 0) is 11.3 Å². The highest BCUT2D eigenvalue weighted by molar-refractivity contribution is 5.80. The van der Waals surface area contributed by atoms with Crippen LogP contribution in [0.25, 0.3) is 0 Å². The Labute approximate surface area is 184 Å². The minimum atomic E-state index is -0.290. The first-order valence-corrected chi connectivity index (χ1v) is 11.8. The molecule has 2 aliphatic heterocycles. The number of likely N-dealkylation sites (tertiary alicyclic amines) is 1. The molecule has 170 valence electrons. The van der Waals surface area contributed by atoms with Crippen LogP contribution in [0.1, 0.15) is 44.1 Å². The van der Waals surface area contributed by atoms with Crippen LogP contribution in [0.2, 0.25) is 0 Å². The van der Waals surface area contributed by atoms with Gasteiger partial charge in [-0.2, -0.15) is 0 Å². The Kier molecular flexibility index (Phi) is 5.82. The fourth-order valence-corrected chi connectivity index (χ4v) is 6.27. The number of hydrogen-bond acceptors (Lipinski definition) is 4. The molecule has 1 aromatic rings. The van der Waals surface area contributed by atoms with E-state index in [1.165, 1.54) is 32.8 Å². The maximum atomic E-state index is 14.0. The first kappa shape index (κ1) is 21.0. The van der Waals surface area contributed by atoms with Crippen molar-refractivity contribution in [3.63, 3.8) is 0 Å². The SMILES string of the molecule is CN=C(NC1CCN(Cc2ccc(OC)c(F)c2)CC1)NC1C2CCOC2C12CCC2. The van der Waals surface area contributed by atoms with Crippen molar-refractivity contribution in [2.24, 2.45) is 16.3 Å². The van der Waals surface area contributed by atoms with Crippen molar-refractivity contribution in [3.8, 4) is 5.75 Å². The lowest BCUT2D eigenvalue weighted by atomic mass is 9.46. The number of rotatable bonds is 5. The molecule has 1 spiro atoms. The Hall–Kier alpha value is -1.86. The van der Waals surface area contributed by atoms with Crippen molar-refractivity contribution < 1.29 is 13.9 Å². The largest absolute Gasteiger partial charge is 0.494 e. The Morgan fingerprint density at radius 1 is 1.26 bits per heavy atom. The maximum Gasteiger partial charge on any atom is 0.191 e. The zero-order chi connectivity index (χ0) is 21.4. The number of guanidine groups is 1. The second-order valence-corrected chi connectivity index (χ2v) is 9.69. The molecule has 2 saturated heterocycles. The van der Waals surface area contributed by atoms with E-state index >= 15 is 0 Å². The summed E-state index contributed by atoms with van der Waals surface area (Å²) in [4.78, 5) is 6.94. The Morgan fingerprint density at radius 2 is 2.06 bits per heavy atom. The molecule has 31 heavy (non-hydrogen) atoms. The van der Waals surface area contributed by atoms with Crippen molar-refractivity contribution in [3.05, 3.63) is 29.6 Å². The number of benzene rings is 1. The van der Waals surface area contributed by atoms with E-state index < -0.39 is 0 Å². The fraction of sp³-hybridized carbons (Fsp3) is 0.708. The fourth-order valence-electron chi connectivity index (χ4n) is 6.27. The van der Waals surface area contributed by atoms with E-state index in [0.29, 0.717) is 35.3 Å². The van der Waals surface area contributed by atoms with E-state index in [2.05, 4.69) is 20.5 Å². The molecular weight excluding hydrogens is 395 g/mol. The minimum Gasteiger partial charge on any atom is -0.494 e. The molecular formula is C24H35FN4O2. The molecule has 2 N–H and O–H groups in total. The topological polar surface area (TPSA) is 58.1 Å². The summed E-state index contributed by atoms with van der Waals surface area (Å²) in [6.07, 6.45) is 7.66. The molecule has 0 bridgehead atoms. The summed E-state index contributed by atoms with van der Waals surface area (Å²) in [5.41, 5.74) is 1.35. The van der Waals surface area contributed by atoms with E-state index in [-0.39, 0.29) is 5.82 Å². The number of piperidine rings is 1. The molecule has 2 heterocycles. The molecule has 2 saturated carbocycles. The molecule has 6 nitrogen and oxygen atoms in total. The number of fused-ring (bicyclic) bond motifs is 2. The monoisotopic (exact) mass is 430 g/mol. The Bertz CT molecular complexity index is 820. The van der Waals surface area contributed by atoms with Crippen molar-refractivity contribution >= 4 is 5.96 Å². The van der Waals surface area contributed by atoms with Crippen LogP contribution >= 0.6 is 0 Å². The molecule has 0 amide bonds. The molecule has 3 atom stereocenters. The molecule has 3 unspecified atom stereocenters. The van der Waals surface area contributed by atoms with Gasteiger partial charge < -0.3 is 20.1 Å². The van der Waals surface area contributed by atoms with Gasteiger partial charge in [-0.1, -0.05) is 12.5 Å². The van der Waals surface area contributed by atoms with Gasteiger partial charge in [-0.15, -0.1) is 0 Å². The smallest absolute Gasteiger partial charge is 0.191 e. The number of hydrogen-bond donors (Lipinski definition) is 2. The predicted molar refractivity (Wildman–Crippen MR) is 119 cm³/mol. The highest BCUT2D eigenvalue weighted by Gasteiger charge is 2.66. The second kappa shape index (κ2) is 8.58. The molecule has 4 fully saturated rings. The van der Waals surface area contributed by atoms with E-state index in [1.54, 1.807) is 12.1 Å². The van der Waals surface area contributed by atoms with Crippen molar-refractivity contribution in [2.75, 3.05) is 33.9 Å². The van der Waals surface area contributed by atoms with Crippen LogP contribution in [-0.4, -0.2) is 62.9 Å². The van der Waals surface area contributed by atoms with Crippen LogP contribution < -0.4 is 15.4 Å². The molecule has 7 heteroatoms. The molecule has 1 aromatic carbocycles. The lowest BCUT2D eigenvalue weighted by Gasteiger charge is -2.63. The highest BCUT2D eigenvalue weighted by atomic mass is 19.1. The van der Waals surface area contributed by atoms with Gasteiger partial charge in [0, 0.05) is 56.7 Å². The first-order valence-electron chi connectivity index (χ1n) is 11.8. The summed E-state index contributed by atoms with van der Waals surface area (Å²) < 4.78 is 25.0. The number of methoxy groups -OCH3 is 1. The zero-order valence-corrected chi connectivity index (χ0v) is 18.7. The molecule has 0 aromatic heterocycles. The number of aliphatic imine (C=N–C) groups is 1. The highest BCUT2D eigenvalue weighted by Crippen LogP contribution is 2.62. The van der Waals surface area contributed by atoms with Crippen molar-refractivity contribution in [1.29, 1.82) is 0 Å². The van der Waals surface area contributed by atoms with Crippen LogP contribution in [0.4, 0.5) is 4.39 Å². The van der Waals surface area contributed by atoms with Gasteiger partial charge >= 0.3 is 0 Å². The molecule has 5 rings (SSSR count). The first-order chi connectivity index (χ1) is 15.1. The summed E-state index contributed by atoms with van der Waals surface area (Å²) in [7, 11) is 3.37. The summed E-state index contributed by atoms with van der Waals surface area (Å²) in [6, 6.07) is 6.17.